The summed E-state index contributed by atoms with van der Waals surface area (Å²) in [7, 11) is 1.59. The van der Waals surface area contributed by atoms with E-state index in [-0.39, 0.29) is 11.6 Å². The lowest BCUT2D eigenvalue weighted by atomic mass is 10.1. The number of rotatable bonds is 7. The van der Waals surface area contributed by atoms with Gasteiger partial charge in [-0.15, -0.1) is 0 Å². The predicted molar refractivity (Wildman–Crippen MR) is 99.5 cm³/mol. The van der Waals surface area contributed by atoms with E-state index < -0.39 is 11.0 Å². The Balaban J connectivity index is 1.94. The maximum Gasteiger partial charge on any atom is 0.269 e. The minimum Gasteiger partial charge on any atom is -0.497 e. The number of carbonyl (C=O) groups is 1. The van der Waals surface area contributed by atoms with Crippen LogP contribution in [0.3, 0.4) is 0 Å². The van der Waals surface area contributed by atoms with Crippen molar-refractivity contribution in [3.8, 4) is 5.75 Å². The number of nitrogens with zero attached hydrogens (tertiary/aromatic N) is 2. The summed E-state index contributed by atoms with van der Waals surface area (Å²) >= 11 is 0. The van der Waals surface area contributed by atoms with E-state index in [0.29, 0.717) is 11.3 Å². The number of amides is 1. The molecule has 0 aliphatic carbocycles. The third-order valence-corrected chi connectivity index (χ3v) is 3.70. The number of anilines is 1. The van der Waals surface area contributed by atoms with Crippen LogP contribution in [0.1, 0.15) is 19.4 Å². The molecule has 0 aliphatic heterocycles. The van der Waals surface area contributed by atoms with E-state index in [1.54, 1.807) is 45.2 Å². The van der Waals surface area contributed by atoms with Gasteiger partial charge < -0.3 is 10.1 Å². The van der Waals surface area contributed by atoms with Gasteiger partial charge in [-0.25, -0.2) is 5.43 Å². The number of hydrazone groups is 1. The Morgan fingerprint density at radius 2 is 1.77 bits per heavy atom. The Kier molecular flexibility index (Phi) is 6.26. The average Bonchev–Trinajstić information content (AvgIpc) is 2.66. The van der Waals surface area contributed by atoms with Gasteiger partial charge in [0.2, 0.25) is 0 Å². The second kappa shape index (κ2) is 8.61. The molecule has 8 nitrogen and oxygen atoms in total. The summed E-state index contributed by atoms with van der Waals surface area (Å²) in [5.74, 6) is 0.429. The third kappa shape index (κ3) is 5.04. The van der Waals surface area contributed by atoms with E-state index in [4.69, 9.17) is 4.74 Å². The minimum absolute atomic E-state index is 0.00268. The fourth-order valence-electron chi connectivity index (χ4n) is 2.13. The topological polar surface area (TPSA) is 106 Å². The number of nitrogens with one attached hydrogen (secondary N) is 2. The number of carbonyl (C=O) groups excluding carboxylic acids is 1. The molecule has 2 rings (SSSR count). The Bertz CT molecular complexity index is 801. The van der Waals surface area contributed by atoms with E-state index >= 15 is 0 Å². The zero-order valence-electron chi connectivity index (χ0n) is 14.7. The lowest BCUT2D eigenvalue weighted by molar-refractivity contribution is -0.384. The van der Waals surface area contributed by atoms with Gasteiger partial charge in [-0.1, -0.05) is 0 Å². The number of hydrogen-bond acceptors (Lipinski definition) is 6. The number of nitro benzene ring substituents is 1. The molecule has 2 aromatic carbocycles. The Hall–Kier alpha value is -3.42. The monoisotopic (exact) mass is 356 g/mol. The molecule has 2 aromatic rings. The molecule has 0 saturated heterocycles. The number of methoxy groups -OCH3 is 1. The predicted octanol–water partition coefficient (Wildman–Crippen LogP) is 2.94. The molecule has 8 heteroatoms. The molecule has 0 aliphatic rings. The van der Waals surface area contributed by atoms with Crippen LogP contribution in [0.2, 0.25) is 0 Å². The molecular weight excluding hydrogens is 336 g/mol. The molecule has 26 heavy (non-hydrogen) atoms. The van der Waals surface area contributed by atoms with Crippen molar-refractivity contribution in [1.82, 2.24) is 5.43 Å². The molecule has 0 aromatic heterocycles. The van der Waals surface area contributed by atoms with Crippen molar-refractivity contribution in [3.05, 3.63) is 64.2 Å². The Morgan fingerprint density at radius 3 is 2.31 bits per heavy atom. The highest BCUT2D eigenvalue weighted by atomic mass is 16.6. The fourth-order valence-corrected chi connectivity index (χ4v) is 2.13. The summed E-state index contributed by atoms with van der Waals surface area (Å²) in [5, 5.41) is 17.8. The molecule has 1 atom stereocenters. The van der Waals surface area contributed by atoms with Crippen LogP contribution in [0.25, 0.3) is 0 Å². The van der Waals surface area contributed by atoms with Crippen molar-refractivity contribution in [2.24, 2.45) is 5.10 Å². The smallest absolute Gasteiger partial charge is 0.269 e. The minimum atomic E-state index is -0.503. The summed E-state index contributed by atoms with van der Waals surface area (Å²) < 4.78 is 5.09. The van der Waals surface area contributed by atoms with Crippen LogP contribution in [-0.4, -0.2) is 29.7 Å². The second-order valence-corrected chi connectivity index (χ2v) is 5.57. The molecule has 136 valence electrons. The summed E-state index contributed by atoms with van der Waals surface area (Å²) in [5.41, 5.74) is 4.51. The van der Waals surface area contributed by atoms with E-state index in [2.05, 4.69) is 15.8 Å². The largest absolute Gasteiger partial charge is 0.497 e. The quantitative estimate of drug-likeness (QED) is 0.451. The van der Waals surface area contributed by atoms with Gasteiger partial charge in [0.25, 0.3) is 11.6 Å². The molecule has 0 fully saturated rings. The highest BCUT2D eigenvalue weighted by Crippen LogP contribution is 2.16. The molecule has 0 bridgehead atoms. The van der Waals surface area contributed by atoms with Gasteiger partial charge in [0, 0.05) is 17.8 Å². The first kappa shape index (κ1) is 18.9. The van der Waals surface area contributed by atoms with Crippen LogP contribution in [0.4, 0.5) is 11.4 Å². The lowest BCUT2D eigenvalue weighted by Gasteiger charge is -2.14. The highest BCUT2D eigenvalue weighted by molar-refractivity contribution is 5.99. The first-order valence-electron chi connectivity index (χ1n) is 7.90. The summed E-state index contributed by atoms with van der Waals surface area (Å²) in [6.45, 7) is 3.43. The van der Waals surface area contributed by atoms with Crippen LogP contribution in [0, 0.1) is 10.1 Å². The van der Waals surface area contributed by atoms with E-state index in [9.17, 15) is 14.9 Å². The molecule has 0 saturated carbocycles. The van der Waals surface area contributed by atoms with Crippen LogP contribution in [0.5, 0.6) is 5.75 Å². The standard InChI is InChI=1S/C18H20N4O4/c1-12(14-4-8-16(9-5-14)22(24)25)20-21-18(23)13(2)19-15-6-10-17(26-3)11-7-15/h4-11,13,19H,1-3H3,(H,21,23)/b20-12-/t13-/m1/s1. The summed E-state index contributed by atoms with van der Waals surface area (Å²) in [6.07, 6.45) is 0. The lowest BCUT2D eigenvalue weighted by Crippen LogP contribution is -2.35. The molecule has 0 spiro atoms. The zero-order chi connectivity index (χ0) is 19.1. The molecule has 0 radical (unpaired) electrons. The van der Waals surface area contributed by atoms with Gasteiger partial charge in [0.1, 0.15) is 11.8 Å². The van der Waals surface area contributed by atoms with E-state index in [0.717, 1.165) is 11.4 Å². The first-order chi connectivity index (χ1) is 12.4. The van der Waals surface area contributed by atoms with Crippen LogP contribution in [0.15, 0.2) is 53.6 Å². The molecule has 0 heterocycles. The average molecular weight is 356 g/mol. The molecule has 2 N–H and O–H groups in total. The van der Waals surface area contributed by atoms with Gasteiger partial charge in [0.05, 0.1) is 17.7 Å². The van der Waals surface area contributed by atoms with Crippen molar-refractivity contribution >= 4 is 23.0 Å². The van der Waals surface area contributed by atoms with Crippen molar-refractivity contribution in [2.75, 3.05) is 12.4 Å². The summed E-state index contributed by atoms with van der Waals surface area (Å²) in [4.78, 5) is 22.3. The van der Waals surface area contributed by atoms with Crippen LogP contribution < -0.4 is 15.5 Å². The van der Waals surface area contributed by atoms with Crippen LogP contribution >= 0.6 is 0 Å². The van der Waals surface area contributed by atoms with Crippen LogP contribution in [-0.2, 0) is 4.79 Å². The van der Waals surface area contributed by atoms with Gasteiger partial charge in [-0.05, 0) is 55.8 Å². The Morgan fingerprint density at radius 1 is 1.15 bits per heavy atom. The van der Waals surface area contributed by atoms with E-state index in [1.807, 2.05) is 12.1 Å². The number of benzene rings is 2. The fraction of sp³-hybridized carbons (Fsp3) is 0.222. The zero-order valence-corrected chi connectivity index (χ0v) is 14.7. The normalized spacial score (nSPS) is 12.2. The molecule has 0 unspecified atom stereocenters. The van der Waals surface area contributed by atoms with Crippen molar-refractivity contribution in [1.29, 1.82) is 0 Å². The van der Waals surface area contributed by atoms with Crippen molar-refractivity contribution in [2.45, 2.75) is 19.9 Å². The number of hydrogen-bond donors (Lipinski definition) is 2. The summed E-state index contributed by atoms with van der Waals surface area (Å²) in [6, 6.07) is 12.7. The van der Waals surface area contributed by atoms with Gasteiger partial charge in [-0.2, -0.15) is 5.10 Å². The van der Waals surface area contributed by atoms with Gasteiger partial charge in [-0.3, -0.25) is 14.9 Å². The van der Waals surface area contributed by atoms with Gasteiger partial charge >= 0.3 is 0 Å². The van der Waals surface area contributed by atoms with E-state index in [1.165, 1.54) is 12.1 Å². The first-order valence-corrected chi connectivity index (χ1v) is 7.90. The SMILES string of the molecule is COc1ccc(N[C@H](C)C(=O)N/N=C(/C)c2ccc([N+](=O)[O-])cc2)cc1. The van der Waals surface area contributed by atoms with Gasteiger partial charge in [0.15, 0.2) is 0 Å². The van der Waals surface area contributed by atoms with Crippen molar-refractivity contribution < 1.29 is 14.5 Å². The highest BCUT2D eigenvalue weighted by Gasteiger charge is 2.12. The number of non-ortho nitro benzene ring substituents is 1. The number of ether oxygens (including phenoxy) is 1. The maximum absolute atomic E-state index is 12.2. The maximum atomic E-state index is 12.2. The molecular formula is C18H20N4O4. The molecule has 1 amide bonds. The van der Waals surface area contributed by atoms with Crippen molar-refractivity contribution in [3.63, 3.8) is 0 Å². The third-order valence-electron chi connectivity index (χ3n) is 3.70. The Labute approximate surface area is 151 Å². The number of nitro groups is 1. The second-order valence-electron chi connectivity index (χ2n) is 5.57.